The number of aromatic amines is 1. The average molecular weight is 425 g/mol. The van der Waals surface area contributed by atoms with Crippen molar-refractivity contribution in [1.82, 2.24) is 4.98 Å². The van der Waals surface area contributed by atoms with Gasteiger partial charge in [0.2, 0.25) is 0 Å². The van der Waals surface area contributed by atoms with Gasteiger partial charge in [-0.2, -0.15) is 5.26 Å². The molecule has 1 aromatic heterocycles. The van der Waals surface area contributed by atoms with Crippen LogP contribution in [0.1, 0.15) is 5.56 Å². The van der Waals surface area contributed by atoms with E-state index in [1.807, 2.05) is 30.3 Å². The van der Waals surface area contributed by atoms with Crippen LogP contribution in [0.25, 0.3) is 22.4 Å². The summed E-state index contributed by atoms with van der Waals surface area (Å²) in [4.78, 5) is 25.8. The van der Waals surface area contributed by atoms with Gasteiger partial charge in [0.1, 0.15) is 17.4 Å². The molecule has 6 nitrogen and oxygen atoms in total. The van der Waals surface area contributed by atoms with E-state index >= 15 is 0 Å². The number of hydrogen-bond acceptors (Lipinski definition) is 4. The summed E-state index contributed by atoms with van der Waals surface area (Å²) < 4.78 is 6.07. The van der Waals surface area contributed by atoms with Gasteiger partial charge in [0.05, 0.1) is 0 Å². The van der Waals surface area contributed by atoms with Gasteiger partial charge in [0.15, 0.2) is 6.61 Å². The highest BCUT2D eigenvalue weighted by molar-refractivity contribution is 9.10. The number of halogens is 1. The van der Waals surface area contributed by atoms with Gasteiger partial charge < -0.3 is 14.8 Å². The molecular weight excluding hydrogens is 412 g/mol. The summed E-state index contributed by atoms with van der Waals surface area (Å²) >= 11 is 3.36. The molecule has 0 aliphatic rings. The van der Waals surface area contributed by atoms with Crippen LogP contribution in [0.15, 0.2) is 63.9 Å². The quantitative estimate of drug-likeness (QED) is 0.647. The van der Waals surface area contributed by atoms with Crippen LogP contribution in [0.4, 0.5) is 0 Å². The van der Waals surface area contributed by atoms with Crippen LogP contribution in [0.2, 0.25) is 0 Å². The highest BCUT2D eigenvalue weighted by Crippen LogP contribution is 2.28. The minimum Gasteiger partial charge on any atom is -0.482 e. The normalized spacial score (nSPS) is 10.2. The molecule has 0 unspecified atom stereocenters. The SMILES string of the molecule is N#Cc1c(-c2ccc(Br)cc2)cc(-c2cccc(OCC(=O)O)c2)[nH]c1=O. The summed E-state index contributed by atoms with van der Waals surface area (Å²) in [6.45, 7) is -0.461. The van der Waals surface area contributed by atoms with E-state index in [9.17, 15) is 14.9 Å². The molecule has 2 aromatic carbocycles. The molecule has 7 heteroatoms. The van der Waals surface area contributed by atoms with Crippen LogP contribution in [-0.2, 0) is 4.79 Å². The number of carboxylic acid groups (broad SMARTS) is 1. The van der Waals surface area contributed by atoms with Gasteiger partial charge >= 0.3 is 5.97 Å². The first-order chi connectivity index (χ1) is 13.0. The van der Waals surface area contributed by atoms with E-state index in [0.717, 1.165) is 10.0 Å². The standard InChI is InChI=1S/C20H13BrN2O4/c21-14-6-4-12(5-7-14)16-9-18(23-20(26)17(16)10-22)13-2-1-3-15(8-13)27-11-19(24)25/h1-9H,11H2,(H,23,26)(H,24,25). The molecule has 0 spiro atoms. The highest BCUT2D eigenvalue weighted by atomic mass is 79.9. The first-order valence-corrected chi connectivity index (χ1v) is 8.65. The van der Waals surface area contributed by atoms with Crippen molar-refractivity contribution in [3.63, 3.8) is 0 Å². The zero-order chi connectivity index (χ0) is 19.4. The van der Waals surface area contributed by atoms with Crippen molar-refractivity contribution < 1.29 is 14.6 Å². The highest BCUT2D eigenvalue weighted by Gasteiger charge is 2.13. The minimum absolute atomic E-state index is 0.0272. The molecule has 0 atom stereocenters. The molecule has 0 fully saturated rings. The third-order valence-electron chi connectivity index (χ3n) is 3.81. The van der Waals surface area contributed by atoms with Gasteiger partial charge in [-0.3, -0.25) is 4.79 Å². The topological polar surface area (TPSA) is 103 Å². The second-order valence-electron chi connectivity index (χ2n) is 5.63. The molecule has 2 N–H and O–H groups in total. The number of pyridine rings is 1. The fraction of sp³-hybridized carbons (Fsp3) is 0.0500. The number of benzene rings is 2. The summed E-state index contributed by atoms with van der Waals surface area (Å²) in [6, 6.07) is 17.7. The predicted octanol–water partition coefficient (Wildman–Crippen LogP) is 3.81. The zero-order valence-corrected chi connectivity index (χ0v) is 15.5. The van der Waals surface area contributed by atoms with E-state index in [0.29, 0.717) is 22.6 Å². The number of nitrogens with zero attached hydrogens (tertiary/aromatic N) is 1. The number of rotatable bonds is 5. The summed E-state index contributed by atoms with van der Waals surface area (Å²) in [6.07, 6.45) is 0. The van der Waals surface area contributed by atoms with Crippen LogP contribution in [0, 0.1) is 11.3 Å². The lowest BCUT2D eigenvalue weighted by Crippen LogP contribution is -2.13. The van der Waals surface area contributed by atoms with Crippen LogP contribution in [0.5, 0.6) is 5.75 Å². The Morgan fingerprint density at radius 2 is 1.89 bits per heavy atom. The Labute approximate surface area is 162 Å². The molecule has 0 radical (unpaired) electrons. The maximum absolute atomic E-state index is 12.4. The number of aliphatic carboxylic acids is 1. The van der Waals surface area contributed by atoms with Crippen molar-refractivity contribution in [2.24, 2.45) is 0 Å². The second-order valence-corrected chi connectivity index (χ2v) is 6.55. The number of aromatic nitrogens is 1. The number of H-pyrrole nitrogens is 1. The Morgan fingerprint density at radius 1 is 1.15 bits per heavy atom. The lowest BCUT2D eigenvalue weighted by atomic mass is 9.99. The van der Waals surface area contributed by atoms with Gasteiger partial charge in [-0.15, -0.1) is 0 Å². The van der Waals surface area contributed by atoms with E-state index in [-0.39, 0.29) is 5.56 Å². The fourth-order valence-corrected chi connectivity index (χ4v) is 2.85. The Kier molecular flexibility index (Phi) is 5.38. The van der Waals surface area contributed by atoms with Gasteiger partial charge in [-0.05, 0) is 35.9 Å². The van der Waals surface area contributed by atoms with Crippen LogP contribution in [-0.4, -0.2) is 22.7 Å². The van der Waals surface area contributed by atoms with Crippen LogP contribution >= 0.6 is 15.9 Å². The third-order valence-corrected chi connectivity index (χ3v) is 4.34. The van der Waals surface area contributed by atoms with Gasteiger partial charge in [0, 0.05) is 21.3 Å². The van der Waals surface area contributed by atoms with Gasteiger partial charge in [-0.1, -0.05) is 40.2 Å². The number of carbonyl (C=O) groups is 1. The maximum atomic E-state index is 12.4. The smallest absolute Gasteiger partial charge is 0.341 e. The second kappa shape index (κ2) is 7.89. The van der Waals surface area contributed by atoms with Crippen molar-refractivity contribution >= 4 is 21.9 Å². The van der Waals surface area contributed by atoms with Gasteiger partial charge in [-0.25, -0.2) is 4.79 Å². The lowest BCUT2D eigenvalue weighted by molar-refractivity contribution is -0.139. The summed E-state index contributed by atoms with van der Waals surface area (Å²) in [7, 11) is 0. The number of nitriles is 1. The Bertz CT molecular complexity index is 1100. The van der Waals surface area contributed by atoms with Crippen molar-refractivity contribution in [1.29, 1.82) is 5.26 Å². The third kappa shape index (κ3) is 4.25. The molecule has 0 saturated heterocycles. The Balaban J connectivity index is 2.09. The van der Waals surface area contributed by atoms with E-state index < -0.39 is 18.1 Å². The molecule has 3 aromatic rings. The van der Waals surface area contributed by atoms with Crippen molar-refractivity contribution in [3.8, 4) is 34.2 Å². The molecule has 0 amide bonds. The molecule has 134 valence electrons. The largest absolute Gasteiger partial charge is 0.482 e. The summed E-state index contributed by atoms with van der Waals surface area (Å²) in [5, 5.41) is 18.1. The first-order valence-electron chi connectivity index (χ1n) is 7.86. The van der Waals surface area contributed by atoms with E-state index in [4.69, 9.17) is 9.84 Å². The number of ether oxygens (including phenoxy) is 1. The molecule has 1 heterocycles. The van der Waals surface area contributed by atoms with E-state index in [1.54, 1.807) is 30.3 Å². The lowest BCUT2D eigenvalue weighted by Gasteiger charge is -2.10. The number of nitrogens with one attached hydrogen (secondary N) is 1. The number of hydrogen-bond donors (Lipinski definition) is 2. The molecule has 0 aliphatic heterocycles. The fourth-order valence-electron chi connectivity index (χ4n) is 2.58. The van der Waals surface area contributed by atoms with Crippen LogP contribution < -0.4 is 10.3 Å². The molecule has 3 rings (SSSR count). The molecule has 27 heavy (non-hydrogen) atoms. The number of carboxylic acids is 1. The Morgan fingerprint density at radius 3 is 2.56 bits per heavy atom. The van der Waals surface area contributed by atoms with Crippen molar-refractivity contribution in [3.05, 3.63) is 75.0 Å². The molecule has 0 aliphatic carbocycles. The summed E-state index contributed by atoms with van der Waals surface area (Å²) in [5.41, 5.74) is 1.92. The summed E-state index contributed by atoms with van der Waals surface area (Å²) in [5.74, 6) is -0.713. The van der Waals surface area contributed by atoms with Gasteiger partial charge in [0.25, 0.3) is 5.56 Å². The molecule has 0 saturated carbocycles. The maximum Gasteiger partial charge on any atom is 0.341 e. The monoisotopic (exact) mass is 424 g/mol. The van der Waals surface area contributed by atoms with E-state index in [1.165, 1.54) is 0 Å². The zero-order valence-electron chi connectivity index (χ0n) is 13.9. The average Bonchev–Trinajstić information content (AvgIpc) is 2.66. The molecule has 0 bridgehead atoms. The molecular formula is C20H13BrN2O4. The minimum atomic E-state index is -1.08. The van der Waals surface area contributed by atoms with Crippen molar-refractivity contribution in [2.75, 3.05) is 6.61 Å². The Hall–Kier alpha value is -3.37. The van der Waals surface area contributed by atoms with E-state index in [2.05, 4.69) is 20.9 Å². The first kappa shape index (κ1) is 18.4. The van der Waals surface area contributed by atoms with Crippen LogP contribution in [0.3, 0.4) is 0 Å². The predicted molar refractivity (Wildman–Crippen MR) is 103 cm³/mol. The van der Waals surface area contributed by atoms with Crippen molar-refractivity contribution in [2.45, 2.75) is 0 Å².